The molecule has 0 radical (unpaired) electrons. The van der Waals surface area contributed by atoms with E-state index in [4.69, 9.17) is 17.3 Å². The van der Waals surface area contributed by atoms with Crippen molar-refractivity contribution in [3.8, 4) is 0 Å². The number of halogens is 1. The Morgan fingerprint density at radius 3 is 2.68 bits per heavy atom. The maximum atomic E-state index is 12.1. The van der Waals surface area contributed by atoms with E-state index in [0.29, 0.717) is 13.0 Å². The maximum absolute atomic E-state index is 12.1. The van der Waals surface area contributed by atoms with Crippen LogP contribution in [0, 0.1) is 5.41 Å². The molecule has 1 heterocycles. The van der Waals surface area contributed by atoms with E-state index in [1.54, 1.807) is 0 Å². The van der Waals surface area contributed by atoms with Gasteiger partial charge in [-0.3, -0.25) is 4.79 Å². The molecule has 1 fully saturated rings. The minimum atomic E-state index is 0.107. The van der Waals surface area contributed by atoms with Crippen LogP contribution >= 0.6 is 11.6 Å². The molecule has 0 aromatic heterocycles. The second kappa shape index (κ2) is 5.93. The van der Waals surface area contributed by atoms with Gasteiger partial charge in [0.05, 0.1) is 0 Å². The van der Waals surface area contributed by atoms with Crippen molar-refractivity contribution in [2.24, 2.45) is 11.1 Å². The van der Waals surface area contributed by atoms with E-state index < -0.39 is 0 Å². The highest BCUT2D eigenvalue weighted by atomic mass is 35.5. The summed E-state index contributed by atoms with van der Waals surface area (Å²) in [6.07, 6.45) is 2.34. The smallest absolute Gasteiger partial charge is 0.222 e. The van der Waals surface area contributed by atoms with Crippen LogP contribution in [-0.2, 0) is 11.2 Å². The number of aryl methyl sites for hydroxylation is 1. The lowest BCUT2D eigenvalue weighted by molar-refractivity contribution is -0.130. The molecule has 1 aromatic rings. The molecule has 1 aliphatic heterocycles. The number of nitrogens with zero attached hydrogens (tertiary/aromatic N) is 1. The van der Waals surface area contributed by atoms with Crippen LogP contribution < -0.4 is 5.73 Å². The summed E-state index contributed by atoms with van der Waals surface area (Å²) in [5.41, 5.74) is 7.02. The number of nitrogens with two attached hydrogens (primary N) is 1. The van der Waals surface area contributed by atoms with Crippen LogP contribution in [-0.4, -0.2) is 30.4 Å². The molecule has 1 aliphatic rings. The van der Waals surface area contributed by atoms with Gasteiger partial charge >= 0.3 is 0 Å². The van der Waals surface area contributed by atoms with Crippen LogP contribution in [0.25, 0.3) is 0 Å². The molecule has 1 aromatic carbocycles. The third-order valence-corrected chi connectivity index (χ3v) is 4.20. The van der Waals surface area contributed by atoms with Crippen molar-refractivity contribution in [1.29, 1.82) is 0 Å². The Labute approximate surface area is 119 Å². The largest absolute Gasteiger partial charge is 0.342 e. The van der Waals surface area contributed by atoms with Crippen molar-refractivity contribution in [3.63, 3.8) is 0 Å². The molecule has 1 amide bonds. The highest BCUT2D eigenvalue weighted by Gasteiger charge is 2.34. The van der Waals surface area contributed by atoms with Gasteiger partial charge in [0.25, 0.3) is 0 Å². The molecule has 19 heavy (non-hydrogen) atoms. The SMILES string of the molecule is CC1(CN)CCN(C(=O)CCc2ccc(Cl)cc2)C1. The van der Waals surface area contributed by atoms with Crippen molar-refractivity contribution in [1.82, 2.24) is 4.90 Å². The van der Waals surface area contributed by atoms with Gasteiger partial charge in [-0.2, -0.15) is 0 Å². The van der Waals surface area contributed by atoms with Gasteiger partial charge in [0, 0.05) is 24.5 Å². The zero-order chi connectivity index (χ0) is 13.9. The molecular formula is C15H21ClN2O. The monoisotopic (exact) mass is 280 g/mol. The number of amides is 1. The predicted octanol–water partition coefficient (Wildman–Crippen LogP) is 2.47. The molecule has 0 saturated carbocycles. The van der Waals surface area contributed by atoms with E-state index in [1.807, 2.05) is 29.2 Å². The van der Waals surface area contributed by atoms with Gasteiger partial charge in [0.1, 0.15) is 0 Å². The predicted molar refractivity (Wildman–Crippen MR) is 78.1 cm³/mol. The van der Waals surface area contributed by atoms with E-state index in [0.717, 1.165) is 36.5 Å². The topological polar surface area (TPSA) is 46.3 Å². The van der Waals surface area contributed by atoms with Gasteiger partial charge in [0.2, 0.25) is 5.91 Å². The fourth-order valence-electron chi connectivity index (χ4n) is 2.46. The van der Waals surface area contributed by atoms with E-state index in [1.165, 1.54) is 0 Å². The fraction of sp³-hybridized carbons (Fsp3) is 0.533. The van der Waals surface area contributed by atoms with E-state index in [-0.39, 0.29) is 11.3 Å². The van der Waals surface area contributed by atoms with E-state index >= 15 is 0 Å². The Kier molecular flexibility index (Phi) is 4.48. The van der Waals surface area contributed by atoms with Gasteiger partial charge in [-0.1, -0.05) is 30.7 Å². The first-order valence-corrected chi connectivity index (χ1v) is 7.12. The minimum Gasteiger partial charge on any atom is -0.342 e. The number of carbonyl (C=O) groups excluding carboxylic acids is 1. The number of rotatable bonds is 4. The molecule has 0 spiro atoms. The Hall–Kier alpha value is -1.06. The number of carbonyl (C=O) groups is 1. The summed E-state index contributed by atoms with van der Waals surface area (Å²) in [4.78, 5) is 14.1. The van der Waals surface area contributed by atoms with E-state index in [2.05, 4.69) is 6.92 Å². The Morgan fingerprint density at radius 1 is 1.42 bits per heavy atom. The lowest BCUT2D eigenvalue weighted by atomic mass is 9.90. The van der Waals surface area contributed by atoms with Crippen LogP contribution in [0.5, 0.6) is 0 Å². The van der Waals surface area contributed by atoms with E-state index in [9.17, 15) is 4.79 Å². The minimum absolute atomic E-state index is 0.107. The highest BCUT2D eigenvalue weighted by Crippen LogP contribution is 2.28. The molecule has 104 valence electrons. The first-order chi connectivity index (χ1) is 9.02. The molecule has 2 N–H and O–H groups in total. The zero-order valence-electron chi connectivity index (χ0n) is 11.4. The quantitative estimate of drug-likeness (QED) is 0.921. The second-order valence-electron chi connectivity index (χ2n) is 5.71. The molecule has 0 aliphatic carbocycles. The van der Waals surface area contributed by atoms with Crippen molar-refractivity contribution < 1.29 is 4.79 Å². The third-order valence-electron chi connectivity index (χ3n) is 3.94. The average Bonchev–Trinajstić information content (AvgIpc) is 2.81. The molecule has 0 bridgehead atoms. The summed E-state index contributed by atoms with van der Waals surface area (Å²) in [5.74, 6) is 0.229. The summed E-state index contributed by atoms with van der Waals surface area (Å²) in [6, 6.07) is 7.68. The lowest BCUT2D eigenvalue weighted by Gasteiger charge is -2.22. The van der Waals surface area contributed by atoms with Crippen LogP contribution in [0.15, 0.2) is 24.3 Å². The van der Waals surface area contributed by atoms with Crippen molar-refractivity contribution in [2.45, 2.75) is 26.2 Å². The van der Waals surface area contributed by atoms with Crippen LogP contribution in [0.3, 0.4) is 0 Å². The number of hydrogen-bond donors (Lipinski definition) is 1. The normalized spacial score (nSPS) is 22.8. The summed E-state index contributed by atoms with van der Waals surface area (Å²) >= 11 is 5.84. The summed E-state index contributed by atoms with van der Waals surface area (Å²) in [7, 11) is 0. The molecule has 1 atom stereocenters. The zero-order valence-corrected chi connectivity index (χ0v) is 12.1. The van der Waals surface area contributed by atoms with Gasteiger partial charge in [0.15, 0.2) is 0 Å². The van der Waals surface area contributed by atoms with Crippen molar-refractivity contribution in [3.05, 3.63) is 34.9 Å². The van der Waals surface area contributed by atoms with Crippen LogP contribution in [0.4, 0.5) is 0 Å². The van der Waals surface area contributed by atoms with Gasteiger partial charge < -0.3 is 10.6 Å². The number of hydrogen-bond acceptors (Lipinski definition) is 2. The van der Waals surface area contributed by atoms with Crippen LogP contribution in [0.1, 0.15) is 25.3 Å². The molecular weight excluding hydrogens is 260 g/mol. The molecule has 1 unspecified atom stereocenters. The first kappa shape index (κ1) is 14.4. The molecule has 2 rings (SSSR count). The average molecular weight is 281 g/mol. The standard InChI is InChI=1S/C15H21ClN2O/c1-15(10-17)8-9-18(11-15)14(19)7-4-12-2-5-13(16)6-3-12/h2-3,5-6H,4,7-11,17H2,1H3. The Morgan fingerprint density at radius 2 is 2.11 bits per heavy atom. The molecule has 3 nitrogen and oxygen atoms in total. The van der Waals surface area contributed by atoms with Gasteiger partial charge in [-0.25, -0.2) is 0 Å². The van der Waals surface area contributed by atoms with Gasteiger partial charge in [-0.05, 0) is 42.5 Å². The molecule has 1 saturated heterocycles. The first-order valence-electron chi connectivity index (χ1n) is 6.75. The Bertz CT molecular complexity index is 446. The summed E-state index contributed by atoms with van der Waals surface area (Å²) < 4.78 is 0. The fourth-order valence-corrected chi connectivity index (χ4v) is 2.59. The summed E-state index contributed by atoms with van der Waals surface area (Å²) in [6.45, 7) is 4.43. The maximum Gasteiger partial charge on any atom is 0.222 e. The Balaban J connectivity index is 1.84. The lowest BCUT2D eigenvalue weighted by Crippen LogP contribution is -2.34. The third kappa shape index (κ3) is 3.71. The van der Waals surface area contributed by atoms with Crippen molar-refractivity contribution >= 4 is 17.5 Å². The van der Waals surface area contributed by atoms with Crippen molar-refractivity contribution in [2.75, 3.05) is 19.6 Å². The molecule has 4 heteroatoms. The highest BCUT2D eigenvalue weighted by molar-refractivity contribution is 6.30. The number of benzene rings is 1. The summed E-state index contributed by atoms with van der Waals surface area (Å²) in [5, 5.41) is 0.730. The number of likely N-dealkylation sites (tertiary alicyclic amines) is 1. The van der Waals surface area contributed by atoms with Gasteiger partial charge in [-0.15, -0.1) is 0 Å². The van der Waals surface area contributed by atoms with Crippen LogP contribution in [0.2, 0.25) is 5.02 Å². The second-order valence-corrected chi connectivity index (χ2v) is 6.14.